The van der Waals surface area contributed by atoms with Gasteiger partial charge in [-0.1, -0.05) is 46.9 Å². The second-order valence-corrected chi connectivity index (χ2v) is 7.39. The number of hydrogen-bond donors (Lipinski definition) is 1. The fraction of sp³-hybridized carbons (Fsp3) is 0.300. The molecule has 150 valence electrons. The van der Waals surface area contributed by atoms with Crippen molar-refractivity contribution < 1.29 is 14.0 Å². The molecule has 4 nitrogen and oxygen atoms in total. The molecule has 2 aromatic rings. The van der Waals surface area contributed by atoms with E-state index >= 15 is 0 Å². The van der Waals surface area contributed by atoms with Gasteiger partial charge in [-0.2, -0.15) is 0 Å². The van der Waals surface area contributed by atoms with Gasteiger partial charge in [0.05, 0.1) is 6.42 Å². The lowest BCUT2D eigenvalue weighted by molar-refractivity contribution is -0.140. The average Bonchev–Trinajstić information content (AvgIpc) is 2.64. The Bertz CT molecular complexity index is 836. The number of benzene rings is 2. The molecule has 1 atom stereocenters. The summed E-state index contributed by atoms with van der Waals surface area (Å²) in [6.07, 6.45) is -0.294. The molecule has 0 aromatic heterocycles. The van der Waals surface area contributed by atoms with Crippen molar-refractivity contribution in [3.05, 3.63) is 68.4 Å². The van der Waals surface area contributed by atoms with Crippen LogP contribution in [0, 0.1) is 5.82 Å². The van der Waals surface area contributed by atoms with E-state index in [-0.39, 0.29) is 29.5 Å². The Morgan fingerprint density at radius 3 is 2.11 bits per heavy atom. The molecule has 0 fully saturated rings. The zero-order chi connectivity index (χ0) is 20.8. The van der Waals surface area contributed by atoms with Crippen LogP contribution < -0.4 is 5.32 Å². The van der Waals surface area contributed by atoms with E-state index in [1.54, 1.807) is 32.0 Å². The predicted molar refractivity (Wildman–Crippen MR) is 110 cm³/mol. The topological polar surface area (TPSA) is 49.4 Å². The number of amides is 2. The van der Waals surface area contributed by atoms with Gasteiger partial charge in [0, 0.05) is 39.3 Å². The Morgan fingerprint density at radius 1 is 1.04 bits per heavy atom. The Labute approximate surface area is 178 Å². The minimum Gasteiger partial charge on any atom is -0.355 e. The molecule has 0 saturated carbocycles. The lowest BCUT2D eigenvalue weighted by atomic mass is 10.1. The summed E-state index contributed by atoms with van der Waals surface area (Å²) in [7, 11) is 0. The van der Waals surface area contributed by atoms with Gasteiger partial charge < -0.3 is 10.2 Å². The van der Waals surface area contributed by atoms with Crippen molar-refractivity contribution in [2.24, 2.45) is 0 Å². The van der Waals surface area contributed by atoms with Crippen molar-refractivity contribution in [2.45, 2.75) is 32.9 Å². The van der Waals surface area contributed by atoms with Crippen LogP contribution in [0.15, 0.2) is 36.4 Å². The summed E-state index contributed by atoms with van der Waals surface area (Å²) in [6.45, 7) is 3.79. The number of likely N-dealkylation sites (N-methyl/N-ethyl adjacent to an activating group) is 1. The van der Waals surface area contributed by atoms with Crippen LogP contribution in [0.1, 0.15) is 25.0 Å². The summed E-state index contributed by atoms with van der Waals surface area (Å²) in [5, 5.41) is 3.58. The number of rotatable bonds is 7. The van der Waals surface area contributed by atoms with Crippen LogP contribution in [-0.2, 0) is 22.6 Å². The molecule has 0 aliphatic heterocycles. The highest BCUT2D eigenvalue weighted by Gasteiger charge is 2.28. The Kier molecular flexibility index (Phi) is 8.10. The van der Waals surface area contributed by atoms with Crippen LogP contribution in [-0.4, -0.2) is 29.3 Å². The highest BCUT2D eigenvalue weighted by Crippen LogP contribution is 2.27. The molecule has 8 heteroatoms. The van der Waals surface area contributed by atoms with Crippen LogP contribution in [0.25, 0.3) is 0 Å². The van der Waals surface area contributed by atoms with E-state index in [1.807, 2.05) is 0 Å². The van der Waals surface area contributed by atoms with E-state index in [9.17, 15) is 14.0 Å². The lowest BCUT2D eigenvalue weighted by Crippen LogP contribution is -2.48. The first-order valence-electron chi connectivity index (χ1n) is 8.69. The van der Waals surface area contributed by atoms with Crippen molar-refractivity contribution in [1.82, 2.24) is 10.2 Å². The van der Waals surface area contributed by atoms with Gasteiger partial charge in [0.25, 0.3) is 0 Å². The number of nitrogens with one attached hydrogen (secondary N) is 1. The molecule has 28 heavy (non-hydrogen) atoms. The zero-order valence-electron chi connectivity index (χ0n) is 15.4. The molecule has 2 aromatic carbocycles. The van der Waals surface area contributed by atoms with E-state index in [2.05, 4.69) is 5.32 Å². The van der Waals surface area contributed by atoms with Crippen molar-refractivity contribution in [3.63, 3.8) is 0 Å². The van der Waals surface area contributed by atoms with E-state index in [4.69, 9.17) is 34.8 Å². The molecule has 0 bridgehead atoms. The molecule has 0 radical (unpaired) electrons. The maximum absolute atomic E-state index is 14.1. The summed E-state index contributed by atoms with van der Waals surface area (Å²) < 4.78 is 14.1. The van der Waals surface area contributed by atoms with Crippen LogP contribution >= 0.6 is 34.8 Å². The van der Waals surface area contributed by atoms with Gasteiger partial charge in [-0.25, -0.2) is 4.39 Å². The first-order valence-corrected chi connectivity index (χ1v) is 9.82. The van der Waals surface area contributed by atoms with Gasteiger partial charge in [-0.3, -0.25) is 9.59 Å². The van der Waals surface area contributed by atoms with Gasteiger partial charge in [0.15, 0.2) is 0 Å². The molecule has 2 rings (SSSR count). The molecular weight excluding hydrogens is 426 g/mol. The van der Waals surface area contributed by atoms with Crippen molar-refractivity contribution in [2.75, 3.05) is 6.54 Å². The van der Waals surface area contributed by atoms with Crippen molar-refractivity contribution in [1.29, 1.82) is 0 Å². The van der Waals surface area contributed by atoms with Crippen molar-refractivity contribution >= 4 is 46.6 Å². The smallest absolute Gasteiger partial charge is 0.242 e. The van der Waals surface area contributed by atoms with E-state index < -0.39 is 17.8 Å². The first-order chi connectivity index (χ1) is 13.3. The summed E-state index contributed by atoms with van der Waals surface area (Å²) in [5.74, 6) is -1.39. The fourth-order valence-electron chi connectivity index (χ4n) is 2.71. The predicted octanol–water partition coefficient (Wildman–Crippen LogP) is 4.88. The van der Waals surface area contributed by atoms with Gasteiger partial charge in [-0.05, 0) is 38.1 Å². The van der Waals surface area contributed by atoms with Crippen LogP contribution in [0.5, 0.6) is 0 Å². The van der Waals surface area contributed by atoms with Crippen LogP contribution in [0.3, 0.4) is 0 Å². The largest absolute Gasteiger partial charge is 0.355 e. The number of halogens is 4. The number of carbonyl (C=O) groups is 2. The highest BCUT2D eigenvalue weighted by molar-refractivity contribution is 6.36. The summed E-state index contributed by atoms with van der Waals surface area (Å²) in [5.41, 5.74) is 0.586. The highest BCUT2D eigenvalue weighted by atomic mass is 35.5. The third-order valence-electron chi connectivity index (χ3n) is 4.30. The molecule has 0 heterocycles. The molecule has 0 spiro atoms. The third kappa shape index (κ3) is 5.37. The molecule has 0 saturated heterocycles. The summed E-state index contributed by atoms with van der Waals surface area (Å²) in [6, 6.07) is 8.38. The lowest BCUT2D eigenvalue weighted by Gasteiger charge is -2.29. The molecule has 1 N–H and O–H groups in total. The van der Waals surface area contributed by atoms with Crippen LogP contribution in [0.4, 0.5) is 4.39 Å². The van der Waals surface area contributed by atoms with E-state index in [0.29, 0.717) is 22.2 Å². The zero-order valence-corrected chi connectivity index (χ0v) is 17.7. The Hall–Kier alpha value is -1.82. The van der Waals surface area contributed by atoms with Gasteiger partial charge in [-0.15, -0.1) is 0 Å². The second kappa shape index (κ2) is 10.1. The summed E-state index contributed by atoms with van der Waals surface area (Å²) in [4.78, 5) is 26.7. The van der Waals surface area contributed by atoms with E-state index in [0.717, 1.165) is 0 Å². The van der Waals surface area contributed by atoms with Crippen molar-refractivity contribution in [3.8, 4) is 0 Å². The number of carbonyl (C=O) groups excluding carboxylic acids is 2. The van der Waals surface area contributed by atoms with Crippen LogP contribution in [0.2, 0.25) is 15.1 Å². The molecule has 0 aliphatic carbocycles. The van der Waals surface area contributed by atoms with Gasteiger partial charge >= 0.3 is 0 Å². The third-order valence-corrected chi connectivity index (χ3v) is 5.36. The Balaban J connectivity index is 2.37. The maximum Gasteiger partial charge on any atom is 0.242 e. The monoisotopic (exact) mass is 444 g/mol. The average molecular weight is 446 g/mol. The quantitative estimate of drug-likeness (QED) is 0.660. The normalized spacial score (nSPS) is 11.8. The Morgan fingerprint density at radius 2 is 1.57 bits per heavy atom. The number of hydrogen-bond acceptors (Lipinski definition) is 2. The molecule has 0 unspecified atom stereocenters. The van der Waals surface area contributed by atoms with Gasteiger partial charge in [0.1, 0.15) is 11.9 Å². The summed E-state index contributed by atoms with van der Waals surface area (Å²) >= 11 is 18.5. The fourth-order valence-corrected chi connectivity index (χ4v) is 3.46. The van der Waals surface area contributed by atoms with E-state index in [1.165, 1.54) is 23.1 Å². The molecule has 2 amide bonds. The molecule has 0 aliphatic rings. The first kappa shape index (κ1) is 22.5. The second-order valence-electron chi connectivity index (χ2n) is 6.17. The van der Waals surface area contributed by atoms with Gasteiger partial charge in [0.2, 0.25) is 11.8 Å². The number of nitrogens with zero attached hydrogens (tertiary/aromatic N) is 1. The minimum atomic E-state index is -0.815. The standard InChI is InChI=1S/C20H20Cl3FN2O2/c1-3-25-20(28)12(2)26(11-14-16(22)6-4-7-17(14)23)19(27)10-13-15(21)8-5-9-18(13)24/h4-9,12H,3,10-11H2,1-2H3,(H,25,28)/t12-/m1/s1. The SMILES string of the molecule is CCNC(=O)[C@@H](C)N(Cc1c(Cl)cccc1Cl)C(=O)Cc1c(F)cccc1Cl. The minimum absolute atomic E-state index is 0.00170. The maximum atomic E-state index is 14.1. The molecular formula is C20H20Cl3FN2O2.